The first kappa shape index (κ1) is 17.6. The third-order valence-electron chi connectivity index (χ3n) is 4.29. The molecule has 0 spiro atoms. The van der Waals surface area contributed by atoms with Gasteiger partial charge in [-0.25, -0.2) is 4.79 Å². The summed E-state index contributed by atoms with van der Waals surface area (Å²) >= 11 is 0. The first-order valence-corrected chi connectivity index (χ1v) is 8.85. The Bertz CT molecular complexity index is 1050. The van der Waals surface area contributed by atoms with Crippen LogP contribution in [0.2, 0.25) is 0 Å². The summed E-state index contributed by atoms with van der Waals surface area (Å²) in [5.41, 5.74) is 2.10. The van der Waals surface area contributed by atoms with Crippen molar-refractivity contribution >= 4 is 17.8 Å². The molecule has 0 unspecified atom stereocenters. The van der Waals surface area contributed by atoms with Gasteiger partial charge in [0.2, 0.25) is 0 Å². The van der Waals surface area contributed by atoms with E-state index >= 15 is 0 Å². The lowest BCUT2D eigenvalue weighted by atomic mass is 10.1. The highest BCUT2D eigenvalue weighted by Crippen LogP contribution is 2.31. The topological polar surface area (TPSA) is 44.8 Å². The van der Waals surface area contributed by atoms with Gasteiger partial charge in [-0.1, -0.05) is 36.4 Å². The molecule has 0 aliphatic carbocycles. The number of cyclic esters (lactones) is 1. The first-order chi connectivity index (χ1) is 13.7. The number of carbonyl (C=O) groups excluding carboxylic acids is 1. The van der Waals surface area contributed by atoms with E-state index in [0.717, 1.165) is 16.9 Å². The molecule has 4 rings (SSSR count). The Morgan fingerprint density at radius 1 is 0.821 bits per heavy atom. The van der Waals surface area contributed by atoms with Gasteiger partial charge >= 0.3 is 5.97 Å². The number of benzene rings is 3. The molecular formula is C24H18O4. The molecule has 4 heteroatoms. The molecule has 0 atom stereocenters. The number of ether oxygens (including phenoxy) is 3. The average molecular weight is 370 g/mol. The van der Waals surface area contributed by atoms with Gasteiger partial charge in [0, 0.05) is 11.1 Å². The Labute approximate surface area is 163 Å². The van der Waals surface area contributed by atoms with Crippen LogP contribution in [0, 0.1) is 0 Å². The molecule has 3 aromatic rings. The monoisotopic (exact) mass is 370 g/mol. The van der Waals surface area contributed by atoms with Gasteiger partial charge in [0.15, 0.2) is 0 Å². The molecule has 1 aliphatic rings. The summed E-state index contributed by atoms with van der Waals surface area (Å²) in [6.45, 7) is 0. The molecule has 4 nitrogen and oxygen atoms in total. The maximum atomic E-state index is 12.3. The molecule has 1 aliphatic heterocycles. The van der Waals surface area contributed by atoms with E-state index in [9.17, 15) is 4.79 Å². The van der Waals surface area contributed by atoms with E-state index < -0.39 is 0 Å². The van der Waals surface area contributed by atoms with Crippen molar-refractivity contribution in [1.82, 2.24) is 0 Å². The summed E-state index contributed by atoms with van der Waals surface area (Å²) in [7, 11) is 1.60. The summed E-state index contributed by atoms with van der Waals surface area (Å²) in [6.07, 6.45) is 3.50. The zero-order valence-corrected chi connectivity index (χ0v) is 15.3. The predicted octanol–water partition coefficient (Wildman–Crippen LogP) is 5.47. The van der Waals surface area contributed by atoms with Crippen molar-refractivity contribution < 1.29 is 19.0 Å². The van der Waals surface area contributed by atoms with Gasteiger partial charge in [0.1, 0.15) is 23.0 Å². The molecule has 28 heavy (non-hydrogen) atoms. The van der Waals surface area contributed by atoms with Crippen molar-refractivity contribution in [3.63, 3.8) is 0 Å². The highest BCUT2D eigenvalue weighted by molar-refractivity contribution is 6.05. The van der Waals surface area contributed by atoms with Crippen molar-refractivity contribution in [1.29, 1.82) is 0 Å². The van der Waals surface area contributed by atoms with Crippen molar-refractivity contribution in [3.8, 4) is 17.2 Å². The van der Waals surface area contributed by atoms with E-state index in [1.807, 2.05) is 78.9 Å². The number of hydrogen-bond donors (Lipinski definition) is 0. The van der Waals surface area contributed by atoms with Gasteiger partial charge in [0.05, 0.1) is 12.7 Å². The average Bonchev–Trinajstić information content (AvgIpc) is 3.10. The van der Waals surface area contributed by atoms with E-state index in [1.54, 1.807) is 19.3 Å². The van der Waals surface area contributed by atoms with Crippen LogP contribution < -0.4 is 9.47 Å². The summed E-state index contributed by atoms with van der Waals surface area (Å²) < 4.78 is 16.6. The van der Waals surface area contributed by atoms with E-state index in [4.69, 9.17) is 14.2 Å². The summed E-state index contributed by atoms with van der Waals surface area (Å²) in [4.78, 5) is 12.3. The second kappa shape index (κ2) is 7.84. The minimum atomic E-state index is -0.384. The Hall–Kier alpha value is -3.79. The smallest absolute Gasteiger partial charge is 0.343 e. The van der Waals surface area contributed by atoms with Crippen LogP contribution in [-0.2, 0) is 9.53 Å². The molecular weight excluding hydrogens is 352 g/mol. The standard InChI is InChI=1S/C24H18O4/c1-26-22-10-6-5-7-18(22)15-19-16-23(28-24(19)25)17-11-13-21(14-12-17)27-20-8-3-2-4-9-20/h2-16H,1H3/b19-15+. The van der Waals surface area contributed by atoms with Crippen LogP contribution in [0.25, 0.3) is 11.8 Å². The van der Waals surface area contributed by atoms with Crippen molar-refractivity contribution in [2.24, 2.45) is 0 Å². The van der Waals surface area contributed by atoms with E-state index in [2.05, 4.69) is 0 Å². The summed E-state index contributed by atoms with van der Waals surface area (Å²) in [5.74, 6) is 2.31. The number of methoxy groups -OCH3 is 1. The molecule has 0 amide bonds. The number of carbonyl (C=O) groups is 1. The lowest BCUT2D eigenvalue weighted by molar-refractivity contribution is -0.130. The third kappa shape index (κ3) is 3.81. The van der Waals surface area contributed by atoms with E-state index in [1.165, 1.54) is 0 Å². The highest BCUT2D eigenvalue weighted by Gasteiger charge is 2.22. The number of para-hydroxylation sites is 2. The third-order valence-corrected chi connectivity index (χ3v) is 4.29. The molecule has 0 bridgehead atoms. The molecule has 0 radical (unpaired) electrons. The second-order valence-corrected chi connectivity index (χ2v) is 6.18. The second-order valence-electron chi connectivity index (χ2n) is 6.18. The molecule has 0 saturated heterocycles. The quantitative estimate of drug-likeness (QED) is 0.441. The van der Waals surface area contributed by atoms with Gasteiger partial charge in [0.25, 0.3) is 0 Å². The number of esters is 1. The van der Waals surface area contributed by atoms with E-state index in [0.29, 0.717) is 22.8 Å². The minimum Gasteiger partial charge on any atom is -0.496 e. The normalized spacial score (nSPS) is 14.5. The summed E-state index contributed by atoms with van der Waals surface area (Å²) in [5, 5.41) is 0. The van der Waals surface area contributed by atoms with Crippen LogP contribution in [0.3, 0.4) is 0 Å². The molecule has 1 heterocycles. The van der Waals surface area contributed by atoms with Gasteiger partial charge in [-0.3, -0.25) is 0 Å². The summed E-state index contributed by atoms with van der Waals surface area (Å²) in [6, 6.07) is 24.5. The van der Waals surface area contributed by atoms with Crippen LogP contribution in [0.4, 0.5) is 0 Å². The maximum absolute atomic E-state index is 12.3. The molecule has 0 fully saturated rings. The largest absolute Gasteiger partial charge is 0.496 e. The van der Waals surface area contributed by atoms with Gasteiger partial charge in [-0.15, -0.1) is 0 Å². The fraction of sp³-hybridized carbons (Fsp3) is 0.0417. The fourth-order valence-electron chi connectivity index (χ4n) is 2.90. The zero-order chi connectivity index (χ0) is 19.3. The van der Waals surface area contributed by atoms with Gasteiger partial charge in [-0.2, -0.15) is 0 Å². The predicted molar refractivity (Wildman–Crippen MR) is 108 cm³/mol. The van der Waals surface area contributed by atoms with Crippen molar-refractivity contribution in [2.45, 2.75) is 0 Å². The van der Waals surface area contributed by atoms with Crippen LogP contribution >= 0.6 is 0 Å². The Kier molecular flexibility index (Phi) is 4.93. The SMILES string of the molecule is COc1ccccc1/C=C1\C=C(c2ccc(Oc3ccccc3)cc2)OC1=O. The molecule has 0 aromatic heterocycles. The van der Waals surface area contributed by atoms with E-state index in [-0.39, 0.29) is 5.97 Å². The number of rotatable bonds is 5. The van der Waals surface area contributed by atoms with Crippen molar-refractivity contribution in [3.05, 3.63) is 102 Å². The van der Waals surface area contributed by atoms with Crippen molar-refractivity contribution in [2.75, 3.05) is 7.11 Å². The Balaban J connectivity index is 1.55. The van der Waals surface area contributed by atoms with Crippen LogP contribution in [0.15, 0.2) is 90.5 Å². The van der Waals surface area contributed by atoms with Gasteiger partial charge < -0.3 is 14.2 Å². The van der Waals surface area contributed by atoms with Crippen LogP contribution in [0.1, 0.15) is 11.1 Å². The zero-order valence-electron chi connectivity index (χ0n) is 15.3. The molecule has 138 valence electrons. The first-order valence-electron chi connectivity index (χ1n) is 8.85. The minimum absolute atomic E-state index is 0.384. The lowest BCUT2D eigenvalue weighted by Crippen LogP contribution is -1.97. The number of hydrogen-bond acceptors (Lipinski definition) is 4. The lowest BCUT2D eigenvalue weighted by Gasteiger charge is -2.06. The Morgan fingerprint density at radius 3 is 2.25 bits per heavy atom. The Morgan fingerprint density at radius 2 is 1.50 bits per heavy atom. The van der Waals surface area contributed by atoms with Crippen LogP contribution in [-0.4, -0.2) is 13.1 Å². The molecule has 0 N–H and O–H groups in total. The molecule has 3 aromatic carbocycles. The molecule has 0 saturated carbocycles. The fourth-order valence-corrected chi connectivity index (χ4v) is 2.90. The maximum Gasteiger partial charge on any atom is 0.343 e. The van der Waals surface area contributed by atoms with Gasteiger partial charge in [-0.05, 0) is 54.6 Å². The van der Waals surface area contributed by atoms with Crippen LogP contribution in [0.5, 0.6) is 17.2 Å². The highest BCUT2D eigenvalue weighted by atomic mass is 16.5.